The van der Waals surface area contributed by atoms with Gasteiger partial charge in [-0.3, -0.25) is 9.69 Å². The number of aryl methyl sites for hydroxylation is 1. The van der Waals surface area contributed by atoms with Crippen molar-refractivity contribution in [3.63, 3.8) is 0 Å². The molecule has 2 aromatic rings. The lowest BCUT2D eigenvalue weighted by Crippen LogP contribution is -2.40. The van der Waals surface area contributed by atoms with Gasteiger partial charge in [0.2, 0.25) is 5.91 Å². The molecule has 1 N–H and O–H groups in total. The molecule has 1 heterocycles. The van der Waals surface area contributed by atoms with Gasteiger partial charge >= 0.3 is 0 Å². The number of nitrogens with one attached hydrogen (secondary N) is 1. The van der Waals surface area contributed by atoms with E-state index >= 15 is 0 Å². The van der Waals surface area contributed by atoms with Gasteiger partial charge in [0.15, 0.2) is 0 Å². The maximum Gasteiger partial charge on any atom is 0.241 e. The number of hydrogen-bond acceptors (Lipinski definition) is 4. The van der Waals surface area contributed by atoms with E-state index in [4.69, 9.17) is 4.74 Å². The van der Waals surface area contributed by atoms with Crippen LogP contribution in [-0.2, 0) is 16.1 Å². The molecule has 5 nitrogen and oxygen atoms in total. The number of amides is 1. The molecular formula is C22H29N3O2. The van der Waals surface area contributed by atoms with Gasteiger partial charge < -0.3 is 15.0 Å². The third-order valence-electron chi connectivity index (χ3n) is 5.09. The molecule has 1 saturated heterocycles. The predicted octanol–water partition coefficient (Wildman–Crippen LogP) is 3.29. The second-order valence-corrected chi connectivity index (χ2v) is 7.18. The number of carbonyl (C=O) groups is 1. The van der Waals surface area contributed by atoms with Crippen molar-refractivity contribution in [3.8, 4) is 0 Å². The molecular weight excluding hydrogens is 338 g/mol. The normalized spacial score (nSPS) is 15.6. The topological polar surface area (TPSA) is 44.8 Å². The third-order valence-corrected chi connectivity index (χ3v) is 5.09. The van der Waals surface area contributed by atoms with E-state index in [9.17, 15) is 4.79 Å². The number of anilines is 2. The Morgan fingerprint density at radius 1 is 1.19 bits per heavy atom. The van der Waals surface area contributed by atoms with E-state index in [1.165, 1.54) is 11.3 Å². The van der Waals surface area contributed by atoms with Gasteiger partial charge in [-0.2, -0.15) is 0 Å². The molecule has 0 unspecified atom stereocenters. The van der Waals surface area contributed by atoms with Crippen LogP contribution in [0.25, 0.3) is 0 Å². The number of nitrogens with zero attached hydrogens (tertiary/aromatic N) is 2. The SMILES string of the molecule is Cc1cccc(NC(=O)[C@H](C)N(C)Cc2ccccc2N2CCOCC2)c1. The molecule has 144 valence electrons. The number of hydrogen-bond donors (Lipinski definition) is 1. The molecule has 1 fully saturated rings. The Hall–Kier alpha value is -2.37. The van der Waals surface area contributed by atoms with Crippen molar-refractivity contribution in [3.05, 3.63) is 59.7 Å². The monoisotopic (exact) mass is 367 g/mol. The predicted molar refractivity (Wildman–Crippen MR) is 110 cm³/mol. The Balaban J connectivity index is 1.65. The lowest BCUT2D eigenvalue weighted by atomic mass is 10.1. The largest absolute Gasteiger partial charge is 0.378 e. The fourth-order valence-corrected chi connectivity index (χ4v) is 3.33. The standard InChI is InChI=1S/C22H29N3O2/c1-17-7-6-9-20(15-17)23-22(26)18(2)24(3)16-19-8-4-5-10-21(19)25-11-13-27-14-12-25/h4-10,15,18H,11-14,16H2,1-3H3,(H,23,26)/t18-/m0/s1. The molecule has 2 aromatic carbocycles. The highest BCUT2D eigenvalue weighted by Gasteiger charge is 2.21. The molecule has 1 atom stereocenters. The minimum atomic E-state index is -0.233. The maximum absolute atomic E-state index is 12.7. The summed E-state index contributed by atoms with van der Waals surface area (Å²) in [5.41, 5.74) is 4.44. The van der Waals surface area contributed by atoms with Crippen molar-refractivity contribution < 1.29 is 9.53 Å². The number of para-hydroxylation sites is 1. The number of ether oxygens (including phenoxy) is 1. The molecule has 0 bridgehead atoms. The summed E-state index contributed by atoms with van der Waals surface area (Å²) in [5.74, 6) is 0.00644. The second-order valence-electron chi connectivity index (χ2n) is 7.18. The van der Waals surface area contributed by atoms with Gasteiger partial charge in [0.25, 0.3) is 0 Å². The highest BCUT2D eigenvalue weighted by molar-refractivity contribution is 5.94. The Kier molecular flexibility index (Phi) is 6.48. The van der Waals surface area contributed by atoms with Crippen LogP contribution in [0.3, 0.4) is 0 Å². The number of likely N-dealkylation sites (N-methyl/N-ethyl adjacent to an activating group) is 1. The van der Waals surface area contributed by atoms with Crippen molar-refractivity contribution in [2.24, 2.45) is 0 Å². The van der Waals surface area contributed by atoms with E-state index < -0.39 is 0 Å². The summed E-state index contributed by atoms with van der Waals surface area (Å²) in [5, 5.41) is 3.02. The van der Waals surface area contributed by atoms with E-state index in [-0.39, 0.29) is 11.9 Å². The van der Waals surface area contributed by atoms with E-state index in [0.717, 1.165) is 44.1 Å². The molecule has 0 saturated carbocycles. The van der Waals surface area contributed by atoms with Gasteiger partial charge in [0.05, 0.1) is 19.3 Å². The van der Waals surface area contributed by atoms with E-state index in [2.05, 4.69) is 39.4 Å². The molecule has 0 aliphatic carbocycles. The maximum atomic E-state index is 12.7. The van der Waals surface area contributed by atoms with Crippen molar-refractivity contribution in [2.75, 3.05) is 43.6 Å². The van der Waals surface area contributed by atoms with Crippen molar-refractivity contribution in [2.45, 2.75) is 26.4 Å². The first-order valence-corrected chi connectivity index (χ1v) is 9.53. The van der Waals surface area contributed by atoms with Crippen LogP contribution in [0.4, 0.5) is 11.4 Å². The Morgan fingerprint density at radius 2 is 1.93 bits per heavy atom. The first kappa shape index (κ1) is 19.4. The quantitative estimate of drug-likeness (QED) is 0.851. The fraction of sp³-hybridized carbons (Fsp3) is 0.409. The highest BCUT2D eigenvalue weighted by atomic mass is 16.5. The highest BCUT2D eigenvalue weighted by Crippen LogP contribution is 2.23. The molecule has 5 heteroatoms. The smallest absolute Gasteiger partial charge is 0.241 e. The van der Waals surface area contributed by atoms with Gasteiger partial charge in [-0.25, -0.2) is 0 Å². The van der Waals surface area contributed by atoms with Gasteiger partial charge in [-0.05, 0) is 50.2 Å². The summed E-state index contributed by atoms with van der Waals surface area (Å²) in [4.78, 5) is 17.1. The van der Waals surface area contributed by atoms with Crippen LogP contribution in [0.1, 0.15) is 18.1 Å². The molecule has 0 radical (unpaired) electrons. The molecule has 1 aliphatic rings. The summed E-state index contributed by atoms with van der Waals surface area (Å²) >= 11 is 0. The lowest BCUT2D eigenvalue weighted by molar-refractivity contribution is -0.120. The van der Waals surface area contributed by atoms with Crippen LogP contribution < -0.4 is 10.2 Å². The molecule has 3 rings (SSSR count). The molecule has 0 spiro atoms. The second kappa shape index (κ2) is 9.02. The van der Waals surface area contributed by atoms with Crippen molar-refractivity contribution in [1.82, 2.24) is 4.90 Å². The van der Waals surface area contributed by atoms with Gasteiger partial charge in [-0.15, -0.1) is 0 Å². The molecule has 1 amide bonds. The Labute approximate surface area is 161 Å². The number of morpholine rings is 1. The minimum Gasteiger partial charge on any atom is -0.378 e. The summed E-state index contributed by atoms with van der Waals surface area (Å²) in [6, 6.07) is 16.1. The Bertz CT molecular complexity index is 772. The first-order chi connectivity index (χ1) is 13.0. The number of benzene rings is 2. The molecule has 27 heavy (non-hydrogen) atoms. The number of rotatable bonds is 6. The summed E-state index contributed by atoms with van der Waals surface area (Å²) in [6.45, 7) is 8.03. The third kappa shape index (κ3) is 5.08. The number of carbonyl (C=O) groups excluding carboxylic acids is 1. The summed E-state index contributed by atoms with van der Waals surface area (Å²) < 4.78 is 5.47. The average Bonchev–Trinajstić information content (AvgIpc) is 2.68. The van der Waals surface area contributed by atoms with Gasteiger partial charge in [0.1, 0.15) is 0 Å². The van der Waals surface area contributed by atoms with Crippen molar-refractivity contribution in [1.29, 1.82) is 0 Å². The van der Waals surface area contributed by atoms with E-state index in [1.54, 1.807) is 0 Å². The molecule has 0 aromatic heterocycles. The zero-order chi connectivity index (χ0) is 19.2. The fourth-order valence-electron chi connectivity index (χ4n) is 3.33. The summed E-state index contributed by atoms with van der Waals surface area (Å²) in [7, 11) is 2.00. The van der Waals surface area contributed by atoms with E-state index in [0.29, 0.717) is 0 Å². The van der Waals surface area contributed by atoms with Crippen molar-refractivity contribution >= 4 is 17.3 Å². The Morgan fingerprint density at radius 3 is 2.67 bits per heavy atom. The van der Waals surface area contributed by atoms with Crippen LogP contribution >= 0.6 is 0 Å². The van der Waals surface area contributed by atoms with E-state index in [1.807, 2.05) is 45.2 Å². The zero-order valence-corrected chi connectivity index (χ0v) is 16.4. The van der Waals surface area contributed by atoms with Crippen LogP contribution in [0.2, 0.25) is 0 Å². The van der Waals surface area contributed by atoms with Gasteiger partial charge in [-0.1, -0.05) is 30.3 Å². The van der Waals surface area contributed by atoms with Crippen LogP contribution in [0, 0.1) is 6.92 Å². The average molecular weight is 367 g/mol. The summed E-state index contributed by atoms with van der Waals surface area (Å²) in [6.07, 6.45) is 0. The molecule has 1 aliphatic heterocycles. The minimum absolute atomic E-state index is 0.00644. The van der Waals surface area contributed by atoms with Gasteiger partial charge in [0, 0.05) is 31.0 Å². The van der Waals surface area contributed by atoms with Crippen LogP contribution in [-0.4, -0.2) is 50.2 Å². The van der Waals surface area contributed by atoms with Crippen LogP contribution in [0.15, 0.2) is 48.5 Å². The zero-order valence-electron chi connectivity index (χ0n) is 16.4. The first-order valence-electron chi connectivity index (χ1n) is 9.53. The van der Waals surface area contributed by atoms with Crippen LogP contribution in [0.5, 0.6) is 0 Å². The lowest BCUT2D eigenvalue weighted by Gasteiger charge is -2.32.